The molecular weight excluding hydrogens is 258 g/mol. The number of esters is 1. The number of alkyl halides is 1. The van der Waals surface area contributed by atoms with Crippen LogP contribution in [0.4, 0.5) is 0 Å². The summed E-state index contributed by atoms with van der Waals surface area (Å²) in [7, 11) is 0. The topological polar surface area (TPSA) is 31.2 Å². The first-order valence-corrected chi connectivity index (χ1v) is 6.35. The van der Waals surface area contributed by atoms with Gasteiger partial charge in [0.05, 0.1) is 0 Å². The third kappa shape index (κ3) is 2.25. The number of hydrogen-bond donors (Lipinski definition) is 0. The van der Waals surface area contributed by atoms with Crippen LogP contribution in [0.5, 0.6) is 0 Å². The molecule has 0 N–H and O–H groups in total. The van der Waals surface area contributed by atoms with Gasteiger partial charge in [-0.05, 0) is 40.9 Å². The number of hydrogen-bond acceptors (Lipinski definition) is 2. The molecule has 1 heterocycles. The molecule has 2 rings (SSSR count). The molecule has 1 aliphatic carbocycles. The summed E-state index contributed by atoms with van der Waals surface area (Å²) in [5.41, 5.74) is 0.920. The van der Waals surface area contributed by atoms with Crippen molar-refractivity contribution < 1.29 is 9.53 Å². The van der Waals surface area contributed by atoms with Gasteiger partial charge in [-0.2, -0.15) is 0 Å². The van der Waals surface area contributed by atoms with Gasteiger partial charge in [-0.3, -0.25) is 0 Å². The fourth-order valence-electron chi connectivity index (χ4n) is 2.19. The fraction of sp³-hybridized carbons (Fsp3) is 0.545. The summed E-state index contributed by atoms with van der Waals surface area (Å²) in [6, 6.07) is 4.21. The minimum Gasteiger partial charge on any atom is -0.449 e. The molecule has 0 radical (unpaired) electrons. The zero-order chi connectivity index (χ0) is 10.7. The molecule has 1 aromatic rings. The SMILES string of the molecule is O=C(OCBr)c1cccn1C1CCCC1. The van der Waals surface area contributed by atoms with Crippen LogP contribution in [0.3, 0.4) is 0 Å². The Morgan fingerprint density at radius 2 is 2.27 bits per heavy atom. The summed E-state index contributed by atoms with van der Waals surface area (Å²) in [6.45, 7) is 0. The van der Waals surface area contributed by atoms with E-state index < -0.39 is 0 Å². The molecule has 15 heavy (non-hydrogen) atoms. The number of halogens is 1. The quantitative estimate of drug-likeness (QED) is 0.625. The molecule has 4 heteroatoms. The largest absolute Gasteiger partial charge is 0.449 e. The Labute approximate surface area is 97.5 Å². The number of nitrogens with zero attached hydrogens (tertiary/aromatic N) is 1. The molecule has 0 aromatic carbocycles. The van der Waals surface area contributed by atoms with E-state index in [1.165, 1.54) is 25.7 Å². The number of aromatic nitrogens is 1. The molecule has 1 saturated carbocycles. The van der Waals surface area contributed by atoms with Crippen LogP contribution >= 0.6 is 15.9 Å². The summed E-state index contributed by atoms with van der Waals surface area (Å²) >= 11 is 3.09. The van der Waals surface area contributed by atoms with Crippen LogP contribution in [-0.4, -0.2) is 16.1 Å². The van der Waals surface area contributed by atoms with Crippen LogP contribution in [0.15, 0.2) is 18.3 Å². The zero-order valence-electron chi connectivity index (χ0n) is 8.49. The van der Waals surface area contributed by atoms with Gasteiger partial charge in [0, 0.05) is 12.2 Å². The standard InChI is InChI=1S/C11H14BrNO2/c12-8-15-11(14)10-6-3-7-13(10)9-4-1-2-5-9/h3,6-7,9H,1-2,4-5,8H2. The predicted octanol–water partition coefficient (Wildman–Crippen LogP) is 3.11. The lowest BCUT2D eigenvalue weighted by molar-refractivity contribution is 0.0569. The van der Waals surface area contributed by atoms with E-state index in [9.17, 15) is 4.79 Å². The molecule has 0 aliphatic heterocycles. The summed E-state index contributed by atoms with van der Waals surface area (Å²) in [5, 5.41) is 0. The lowest BCUT2D eigenvalue weighted by atomic mass is 10.2. The van der Waals surface area contributed by atoms with E-state index in [1.54, 1.807) is 0 Å². The van der Waals surface area contributed by atoms with Crippen molar-refractivity contribution in [2.75, 3.05) is 5.52 Å². The van der Waals surface area contributed by atoms with Gasteiger partial charge in [-0.1, -0.05) is 12.8 Å². The van der Waals surface area contributed by atoms with Crippen molar-refractivity contribution in [2.45, 2.75) is 31.7 Å². The molecule has 0 amide bonds. The van der Waals surface area contributed by atoms with E-state index >= 15 is 0 Å². The molecule has 0 atom stereocenters. The molecule has 82 valence electrons. The van der Waals surface area contributed by atoms with Gasteiger partial charge in [0.1, 0.15) is 11.2 Å². The first-order chi connectivity index (χ1) is 7.33. The lowest BCUT2D eigenvalue weighted by Crippen LogP contribution is -2.14. The Bertz CT molecular complexity index is 342. The Morgan fingerprint density at radius 1 is 1.53 bits per heavy atom. The van der Waals surface area contributed by atoms with Crippen LogP contribution < -0.4 is 0 Å². The number of carbonyl (C=O) groups is 1. The third-order valence-corrected chi connectivity index (χ3v) is 3.12. The summed E-state index contributed by atoms with van der Waals surface area (Å²) in [5.74, 6) is -0.247. The highest BCUT2D eigenvalue weighted by Crippen LogP contribution is 2.30. The molecule has 3 nitrogen and oxygen atoms in total. The molecule has 1 fully saturated rings. The van der Waals surface area contributed by atoms with Crippen molar-refractivity contribution in [1.29, 1.82) is 0 Å². The maximum Gasteiger partial charge on any atom is 0.355 e. The molecule has 0 saturated heterocycles. The number of ether oxygens (including phenoxy) is 1. The smallest absolute Gasteiger partial charge is 0.355 e. The van der Waals surface area contributed by atoms with Crippen LogP contribution in [0.2, 0.25) is 0 Å². The second-order valence-corrected chi connectivity index (χ2v) is 4.24. The van der Waals surface area contributed by atoms with Gasteiger partial charge in [-0.25, -0.2) is 4.79 Å². The lowest BCUT2D eigenvalue weighted by Gasteiger charge is -2.14. The van der Waals surface area contributed by atoms with E-state index in [1.807, 2.05) is 18.3 Å². The van der Waals surface area contributed by atoms with Gasteiger partial charge in [0.15, 0.2) is 0 Å². The van der Waals surface area contributed by atoms with Crippen LogP contribution in [0.25, 0.3) is 0 Å². The van der Waals surface area contributed by atoms with Crippen molar-refractivity contribution in [1.82, 2.24) is 4.57 Å². The fourth-order valence-corrected chi connectivity index (χ4v) is 2.40. The molecule has 0 unspecified atom stereocenters. The van der Waals surface area contributed by atoms with Crippen molar-refractivity contribution >= 4 is 21.9 Å². The third-order valence-electron chi connectivity index (χ3n) is 2.89. The average molecular weight is 272 g/mol. The highest BCUT2D eigenvalue weighted by Gasteiger charge is 2.21. The number of rotatable bonds is 3. The van der Waals surface area contributed by atoms with Crippen LogP contribution in [0, 0.1) is 0 Å². The summed E-state index contributed by atoms with van der Waals surface area (Å²) in [6.07, 6.45) is 6.83. The van der Waals surface area contributed by atoms with Gasteiger partial charge in [0.2, 0.25) is 0 Å². The van der Waals surface area contributed by atoms with E-state index in [4.69, 9.17) is 4.74 Å². The first kappa shape index (κ1) is 10.7. The maximum absolute atomic E-state index is 11.6. The zero-order valence-corrected chi connectivity index (χ0v) is 10.1. The minimum absolute atomic E-state index is 0.247. The van der Waals surface area contributed by atoms with Crippen LogP contribution in [-0.2, 0) is 4.74 Å². The van der Waals surface area contributed by atoms with Gasteiger partial charge >= 0.3 is 5.97 Å². The number of carbonyl (C=O) groups excluding carboxylic acids is 1. The van der Waals surface area contributed by atoms with Gasteiger partial charge in [0.25, 0.3) is 0 Å². The van der Waals surface area contributed by atoms with E-state index in [0.717, 1.165) is 0 Å². The van der Waals surface area contributed by atoms with Gasteiger partial charge in [-0.15, -0.1) is 0 Å². The summed E-state index contributed by atoms with van der Waals surface area (Å²) < 4.78 is 7.00. The van der Waals surface area contributed by atoms with Crippen molar-refractivity contribution in [2.24, 2.45) is 0 Å². The normalized spacial score (nSPS) is 16.9. The maximum atomic E-state index is 11.6. The van der Waals surface area contributed by atoms with E-state index in [-0.39, 0.29) is 11.5 Å². The average Bonchev–Trinajstić information content (AvgIpc) is 2.88. The summed E-state index contributed by atoms with van der Waals surface area (Å²) in [4.78, 5) is 11.6. The second-order valence-electron chi connectivity index (χ2n) is 3.78. The Hall–Kier alpha value is -0.770. The molecular formula is C11H14BrNO2. The Balaban J connectivity index is 2.17. The minimum atomic E-state index is -0.247. The van der Waals surface area contributed by atoms with E-state index in [2.05, 4.69) is 20.5 Å². The molecule has 1 aromatic heterocycles. The van der Waals surface area contributed by atoms with Crippen molar-refractivity contribution in [3.63, 3.8) is 0 Å². The van der Waals surface area contributed by atoms with Crippen molar-refractivity contribution in [3.05, 3.63) is 24.0 Å². The predicted molar refractivity (Wildman–Crippen MR) is 61.1 cm³/mol. The monoisotopic (exact) mass is 271 g/mol. The van der Waals surface area contributed by atoms with Crippen LogP contribution in [0.1, 0.15) is 42.2 Å². The Morgan fingerprint density at radius 3 is 2.93 bits per heavy atom. The van der Waals surface area contributed by atoms with E-state index in [0.29, 0.717) is 11.7 Å². The first-order valence-electron chi connectivity index (χ1n) is 5.23. The van der Waals surface area contributed by atoms with Gasteiger partial charge < -0.3 is 9.30 Å². The highest BCUT2D eigenvalue weighted by molar-refractivity contribution is 9.09. The molecule has 1 aliphatic rings. The second kappa shape index (κ2) is 4.84. The van der Waals surface area contributed by atoms with Crippen molar-refractivity contribution in [3.8, 4) is 0 Å². The molecule has 0 spiro atoms. The highest BCUT2D eigenvalue weighted by atomic mass is 79.9. The Kier molecular flexibility index (Phi) is 3.46. The molecule has 0 bridgehead atoms.